The smallest absolute Gasteiger partial charge is 0.157 e. The van der Waals surface area contributed by atoms with Gasteiger partial charge in [0.2, 0.25) is 0 Å². The van der Waals surface area contributed by atoms with E-state index in [0.717, 1.165) is 18.1 Å². The lowest BCUT2D eigenvalue weighted by Gasteiger charge is -2.34. The van der Waals surface area contributed by atoms with E-state index in [9.17, 15) is 4.79 Å². The first-order valence-corrected chi connectivity index (χ1v) is 12.0. The van der Waals surface area contributed by atoms with Crippen molar-refractivity contribution < 1.29 is 4.79 Å². The lowest BCUT2D eigenvalue weighted by atomic mass is 10.0. The topological polar surface area (TPSA) is 17.1 Å². The van der Waals surface area contributed by atoms with Crippen LogP contribution in [0.5, 0.6) is 0 Å². The molecular formula is C26H27OP. The molecule has 0 atom stereocenters. The molecule has 0 aromatic heterocycles. The van der Waals surface area contributed by atoms with Crippen LogP contribution in [0.2, 0.25) is 0 Å². The molecule has 1 aliphatic carbocycles. The fourth-order valence-corrected chi connectivity index (χ4v) is 9.68. The minimum absolute atomic E-state index is 0.261. The van der Waals surface area contributed by atoms with E-state index in [1.165, 1.54) is 28.8 Å². The van der Waals surface area contributed by atoms with E-state index in [4.69, 9.17) is 0 Å². The van der Waals surface area contributed by atoms with Gasteiger partial charge in [0.1, 0.15) is 0 Å². The van der Waals surface area contributed by atoms with Gasteiger partial charge in [-0.1, -0.05) is 104 Å². The number of rotatable bonds is 5. The van der Waals surface area contributed by atoms with Gasteiger partial charge in [0.25, 0.3) is 0 Å². The predicted molar refractivity (Wildman–Crippen MR) is 123 cm³/mol. The van der Waals surface area contributed by atoms with E-state index >= 15 is 0 Å². The minimum atomic E-state index is -2.20. The normalized spacial score (nSPS) is 14.8. The number of benzene rings is 3. The molecule has 0 amide bonds. The number of carbonyl (C=O) groups excluding carboxylic acids is 1. The first kappa shape index (κ1) is 19.0. The van der Waals surface area contributed by atoms with Crippen LogP contribution in [0.4, 0.5) is 0 Å². The van der Waals surface area contributed by atoms with Gasteiger partial charge in [-0.15, -0.1) is 0 Å². The van der Waals surface area contributed by atoms with Crippen molar-refractivity contribution in [2.45, 2.75) is 32.6 Å². The molecule has 0 spiro atoms. The van der Waals surface area contributed by atoms with Crippen LogP contribution in [-0.2, 0) is 4.79 Å². The van der Waals surface area contributed by atoms with Gasteiger partial charge in [0, 0.05) is 5.29 Å². The standard InChI is InChI=1S/C26H27OP/c1-21(27)26(22-13-11-12-14-22)28(23-15-5-2-6-16-23,24-17-7-3-8-18-24)25-19-9-4-10-20-25/h2-10,15-20,22H,11-14H2,1H3. The highest BCUT2D eigenvalue weighted by Gasteiger charge is 2.36. The van der Waals surface area contributed by atoms with Crippen molar-refractivity contribution >= 4 is 33.9 Å². The molecule has 2 heteroatoms. The molecule has 0 aliphatic heterocycles. The van der Waals surface area contributed by atoms with Gasteiger partial charge in [-0.2, -0.15) is 0 Å². The summed E-state index contributed by atoms with van der Waals surface area (Å²) in [5.41, 5.74) is 0. The molecule has 3 aromatic rings. The van der Waals surface area contributed by atoms with Crippen LogP contribution in [0.1, 0.15) is 32.6 Å². The third-order valence-corrected chi connectivity index (χ3v) is 10.5. The maximum atomic E-state index is 13.3. The number of ketones is 1. The molecule has 1 saturated carbocycles. The Morgan fingerprint density at radius 2 is 1.04 bits per heavy atom. The van der Waals surface area contributed by atoms with Crippen LogP contribution >= 0.6 is 6.89 Å². The zero-order valence-electron chi connectivity index (χ0n) is 16.4. The molecule has 1 aliphatic rings. The fraction of sp³-hybridized carbons (Fsp3) is 0.231. The van der Waals surface area contributed by atoms with Crippen LogP contribution in [-0.4, -0.2) is 11.1 Å². The molecule has 1 nitrogen and oxygen atoms in total. The van der Waals surface area contributed by atoms with Crippen molar-refractivity contribution in [3.63, 3.8) is 0 Å². The summed E-state index contributed by atoms with van der Waals surface area (Å²) in [6, 6.07) is 32.2. The second-order valence-corrected chi connectivity index (χ2v) is 11.0. The second kappa shape index (κ2) is 8.33. The van der Waals surface area contributed by atoms with E-state index in [2.05, 4.69) is 91.0 Å². The first-order chi connectivity index (χ1) is 13.7. The van der Waals surface area contributed by atoms with Gasteiger partial charge in [0.15, 0.2) is 5.78 Å². The molecule has 1 fully saturated rings. The Labute approximate surface area is 168 Å². The Bertz CT molecular complexity index is 881. The van der Waals surface area contributed by atoms with E-state index < -0.39 is 6.89 Å². The monoisotopic (exact) mass is 386 g/mol. The van der Waals surface area contributed by atoms with Crippen molar-refractivity contribution in [2.75, 3.05) is 0 Å². The zero-order valence-corrected chi connectivity index (χ0v) is 17.3. The quantitative estimate of drug-likeness (QED) is 0.568. The van der Waals surface area contributed by atoms with Crippen molar-refractivity contribution in [3.05, 3.63) is 91.0 Å². The van der Waals surface area contributed by atoms with Crippen LogP contribution < -0.4 is 15.9 Å². The Balaban J connectivity index is 2.22. The van der Waals surface area contributed by atoms with Crippen LogP contribution in [0, 0.1) is 5.92 Å². The summed E-state index contributed by atoms with van der Waals surface area (Å²) in [7, 11) is 0. The summed E-state index contributed by atoms with van der Waals surface area (Å²) in [5.74, 6) is 0.642. The molecular weight excluding hydrogens is 359 g/mol. The molecule has 0 radical (unpaired) electrons. The molecule has 4 rings (SSSR count). The summed E-state index contributed by atoms with van der Waals surface area (Å²) in [6.07, 6.45) is 4.70. The average Bonchev–Trinajstić information content (AvgIpc) is 3.27. The number of Topliss-reactive ketones (excluding diaryl/α,β-unsaturated/α-hetero) is 1. The third-order valence-electron chi connectivity index (χ3n) is 5.89. The molecule has 0 saturated heterocycles. The highest BCUT2D eigenvalue weighted by Crippen LogP contribution is 2.49. The van der Waals surface area contributed by atoms with Gasteiger partial charge in [-0.05, 0) is 48.5 Å². The largest absolute Gasteiger partial charge is 0.295 e. The van der Waals surface area contributed by atoms with Gasteiger partial charge in [-0.3, -0.25) is 4.79 Å². The Kier molecular flexibility index (Phi) is 5.64. The Hall–Kier alpha value is -2.37. The molecule has 0 heterocycles. The molecule has 0 bridgehead atoms. The van der Waals surface area contributed by atoms with Crippen molar-refractivity contribution in [3.8, 4) is 0 Å². The van der Waals surface area contributed by atoms with Crippen LogP contribution in [0.3, 0.4) is 0 Å². The minimum Gasteiger partial charge on any atom is -0.295 e. The van der Waals surface area contributed by atoms with E-state index in [-0.39, 0.29) is 5.78 Å². The molecule has 142 valence electrons. The molecule has 0 unspecified atom stereocenters. The SMILES string of the molecule is CC(=O)C(C1CCCC1)=P(c1ccccc1)(c1ccccc1)c1ccccc1. The number of carbonyl (C=O) groups is 1. The number of hydrogen-bond donors (Lipinski definition) is 0. The van der Waals surface area contributed by atoms with Crippen molar-refractivity contribution in [1.82, 2.24) is 0 Å². The average molecular weight is 386 g/mol. The lowest BCUT2D eigenvalue weighted by Crippen LogP contribution is -2.35. The maximum Gasteiger partial charge on any atom is 0.157 e. The van der Waals surface area contributed by atoms with Crippen molar-refractivity contribution in [2.24, 2.45) is 5.92 Å². The second-order valence-electron chi connectivity index (χ2n) is 7.60. The summed E-state index contributed by atoms with van der Waals surface area (Å²) in [4.78, 5) is 13.3. The van der Waals surface area contributed by atoms with Gasteiger partial charge in [0.05, 0.1) is 0 Å². The molecule has 28 heavy (non-hydrogen) atoms. The Morgan fingerprint density at radius 3 is 1.36 bits per heavy atom. The van der Waals surface area contributed by atoms with Crippen LogP contribution in [0.25, 0.3) is 0 Å². The summed E-state index contributed by atoms with van der Waals surface area (Å²) < 4.78 is 0. The van der Waals surface area contributed by atoms with E-state index in [1.807, 2.05) is 0 Å². The van der Waals surface area contributed by atoms with Crippen LogP contribution in [0.15, 0.2) is 91.0 Å². The van der Waals surface area contributed by atoms with E-state index in [1.54, 1.807) is 6.92 Å². The van der Waals surface area contributed by atoms with Gasteiger partial charge >= 0.3 is 0 Å². The van der Waals surface area contributed by atoms with Gasteiger partial charge < -0.3 is 0 Å². The fourth-order valence-electron chi connectivity index (χ4n) is 4.82. The molecule has 0 N–H and O–H groups in total. The lowest BCUT2D eigenvalue weighted by molar-refractivity contribution is -0.111. The summed E-state index contributed by atoms with van der Waals surface area (Å²) in [5, 5.41) is 5.01. The summed E-state index contributed by atoms with van der Waals surface area (Å²) in [6.45, 7) is -0.413. The predicted octanol–water partition coefficient (Wildman–Crippen LogP) is 4.93. The van der Waals surface area contributed by atoms with Crippen molar-refractivity contribution in [1.29, 1.82) is 0 Å². The third kappa shape index (κ3) is 3.29. The van der Waals surface area contributed by atoms with Gasteiger partial charge in [-0.25, -0.2) is 0 Å². The maximum absolute atomic E-state index is 13.3. The summed E-state index contributed by atoms with van der Waals surface area (Å²) >= 11 is 0. The molecule has 3 aromatic carbocycles. The number of hydrogen-bond acceptors (Lipinski definition) is 1. The highest BCUT2D eigenvalue weighted by atomic mass is 31.2. The Morgan fingerprint density at radius 1 is 0.679 bits per heavy atom. The van der Waals surface area contributed by atoms with E-state index in [0.29, 0.717) is 5.92 Å². The highest BCUT2D eigenvalue weighted by molar-refractivity contribution is 7.96. The first-order valence-electron chi connectivity index (χ1n) is 10.2. The zero-order chi connectivity index (χ0) is 19.4.